The number of hydrogen-bond acceptors (Lipinski definition) is 3. The average Bonchev–Trinajstić information content (AvgIpc) is 2.81. The molecule has 0 spiro atoms. The summed E-state index contributed by atoms with van der Waals surface area (Å²) in [4.78, 5) is 25.7. The van der Waals surface area contributed by atoms with Crippen molar-refractivity contribution in [2.45, 2.75) is 19.4 Å². The maximum Gasteiger partial charge on any atom is 0.253 e. The predicted molar refractivity (Wildman–Crippen MR) is 77.0 cm³/mol. The van der Waals surface area contributed by atoms with E-state index in [0.29, 0.717) is 23.7 Å². The Balaban J connectivity index is 2.42. The van der Waals surface area contributed by atoms with E-state index in [1.807, 2.05) is 13.0 Å². The molecule has 1 heterocycles. The van der Waals surface area contributed by atoms with Crippen LogP contribution in [0.1, 0.15) is 12.0 Å². The van der Waals surface area contributed by atoms with Crippen LogP contribution in [-0.4, -0.2) is 38.1 Å². The molecule has 0 aromatic heterocycles. The van der Waals surface area contributed by atoms with Crippen LogP contribution in [0, 0.1) is 6.92 Å². The SMILES string of the molecule is COCC(=O)N(c1cc(Cl)ccc1C)C1CCNC1=O. The zero-order chi connectivity index (χ0) is 14.7. The maximum atomic E-state index is 12.3. The first-order valence-corrected chi connectivity index (χ1v) is 6.77. The van der Waals surface area contributed by atoms with Crippen molar-refractivity contribution in [3.8, 4) is 0 Å². The van der Waals surface area contributed by atoms with Gasteiger partial charge in [0.15, 0.2) is 0 Å². The summed E-state index contributed by atoms with van der Waals surface area (Å²) in [5, 5.41) is 3.27. The lowest BCUT2D eigenvalue weighted by Gasteiger charge is -2.28. The number of rotatable bonds is 4. The second kappa shape index (κ2) is 6.24. The number of nitrogens with one attached hydrogen (secondary N) is 1. The van der Waals surface area contributed by atoms with Crippen molar-refractivity contribution < 1.29 is 14.3 Å². The molecule has 2 rings (SSSR count). The van der Waals surface area contributed by atoms with Crippen molar-refractivity contribution in [3.63, 3.8) is 0 Å². The zero-order valence-electron chi connectivity index (χ0n) is 11.5. The van der Waals surface area contributed by atoms with E-state index in [-0.39, 0.29) is 18.4 Å². The van der Waals surface area contributed by atoms with Crippen LogP contribution in [-0.2, 0) is 14.3 Å². The largest absolute Gasteiger partial charge is 0.375 e. The number of halogens is 1. The van der Waals surface area contributed by atoms with E-state index in [9.17, 15) is 9.59 Å². The Morgan fingerprint density at radius 1 is 1.55 bits per heavy atom. The summed E-state index contributed by atoms with van der Waals surface area (Å²) >= 11 is 6.02. The quantitative estimate of drug-likeness (QED) is 0.916. The minimum absolute atomic E-state index is 0.0737. The van der Waals surface area contributed by atoms with Gasteiger partial charge in [0.25, 0.3) is 5.91 Å². The second-order valence-electron chi connectivity index (χ2n) is 4.72. The molecule has 1 aliphatic rings. The molecule has 6 heteroatoms. The van der Waals surface area contributed by atoms with Crippen LogP contribution >= 0.6 is 11.6 Å². The molecule has 1 fully saturated rings. The molecule has 0 bridgehead atoms. The first-order chi connectivity index (χ1) is 9.54. The third-order valence-corrected chi connectivity index (χ3v) is 3.53. The number of nitrogens with zero attached hydrogens (tertiary/aromatic N) is 1. The Hall–Kier alpha value is -1.59. The Morgan fingerprint density at radius 3 is 2.90 bits per heavy atom. The first-order valence-electron chi connectivity index (χ1n) is 6.39. The van der Waals surface area contributed by atoms with Crippen LogP contribution in [0.15, 0.2) is 18.2 Å². The van der Waals surface area contributed by atoms with Gasteiger partial charge in [-0.2, -0.15) is 0 Å². The van der Waals surface area contributed by atoms with Gasteiger partial charge in [0, 0.05) is 24.4 Å². The molecular formula is C14H17ClN2O3. The van der Waals surface area contributed by atoms with Gasteiger partial charge in [-0.15, -0.1) is 0 Å². The van der Waals surface area contributed by atoms with E-state index >= 15 is 0 Å². The lowest BCUT2D eigenvalue weighted by molar-refractivity contribution is -0.126. The smallest absolute Gasteiger partial charge is 0.253 e. The number of anilines is 1. The van der Waals surface area contributed by atoms with Crippen molar-refractivity contribution in [1.29, 1.82) is 0 Å². The standard InChI is InChI=1S/C14H17ClN2O3/c1-9-3-4-10(15)7-12(9)17(13(18)8-20-2)11-5-6-16-14(11)19/h3-4,7,11H,5-6,8H2,1-2H3,(H,16,19). The van der Waals surface area contributed by atoms with E-state index < -0.39 is 6.04 Å². The molecule has 1 aromatic carbocycles. The minimum atomic E-state index is -0.505. The molecule has 108 valence electrons. The van der Waals surface area contributed by atoms with Gasteiger partial charge >= 0.3 is 0 Å². The number of aryl methyl sites for hydroxylation is 1. The van der Waals surface area contributed by atoms with Gasteiger partial charge in [0.2, 0.25) is 5.91 Å². The van der Waals surface area contributed by atoms with Crippen molar-refractivity contribution in [2.24, 2.45) is 0 Å². The molecule has 1 aromatic rings. The van der Waals surface area contributed by atoms with E-state index in [1.165, 1.54) is 12.0 Å². The lowest BCUT2D eigenvalue weighted by atomic mass is 10.1. The number of methoxy groups -OCH3 is 1. The van der Waals surface area contributed by atoms with Gasteiger partial charge in [-0.1, -0.05) is 17.7 Å². The van der Waals surface area contributed by atoms with Gasteiger partial charge in [0.05, 0.1) is 0 Å². The second-order valence-corrected chi connectivity index (χ2v) is 5.16. The van der Waals surface area contributed by atoms with Gasteiger partial charge in [-0.05, 0) is 31.0 Å². The fourth-order valence-corrected chi connectivity index (χ4v) is 2.50. The molecule has 5 nitrogen and oxygen atoms in total. The Bertz CT molecular complexity index is 533. The van der Waals surface area contributed by atoms with Gasteiger partial charge in [-0.25, -0.2) is 0 Å². The van der Waals surface area contributed by atoms with Crippen LogP contribution in [0.3, 0.4) is 0 Å². The number of hydrogen-bond donors (Lipinski definition) is 1. The van der Waals surface area contributed by atoms with E-state index in [1.54, 1.807) is 12.1 Å². The summed E-state index contributed by atoms with van der Waals surface area (Å²) in [6.45, 7) is 2.38. The van der Waals surface area contributed by atoms with Crippen molar-refractivity contribution in [1.82, 2.24) is 5.32 Å². The van der Waals surface area contributed by atoms with Crippen molar-refractivity contribution in [3.05, 3.63) is 28.8 Å². The first kappa shape index (κ1) is 14.8. The molecule has 0 radical (unpaired) electrons. The van der Waals surface area contributed by atoms with Crippen LogP contribution in [0.25, 0.3) is 0 Å². The lowest BCUT2D eigenvalue weighted by Crippen LogP contribution is -2.46. The third-order valence-electron chi connectivity index (χ3n) is 3.30. The number of ether oxygens (including phenoxy) is 1. The highest BCUT2D eigenvalue weighted by atomic mass is 35.5. The number of carbonyl (C=O) groups is 2. The maximum absolute atomic E-state index is 12.3. The fourth-order valence-electron chi connectivity index (χ4n) is 2.34. The molecular weight excluding hydrogens is 280 g/mol. The highest BCUT2D eigenvalue weighted by Gasteiger charge is 2.35. The summed E-state index contributed by atoms with van der Waals surface area (Å²) in [6, 6.07) is 4.79. The Labute approximate surface area is 122 Å². The summed E-state index contributed by atoms with van der Waals surface area (Å²) < 4.78 is 4.92. The highest BCUT2D eigenvalue weighted by molar-refractivity contribution is 6.31. The van der Waals surface area contributed by atoms with Crippen molar-refractivity contribution >= 4 is 29.1 Å². The third kappa shape index (κ3) is 2.94. The Kier molecular flexibility index (Phi) is 4.62. The molecule has 1 saturated heterocycles. The molecule has 1 atom stereocenters. The van der Waals surface area contributed by atoms with Gasteiger partial charge in [0.1, 0.15) is 12.6 Å². The molecule has 0 aliphatic carbocycles. The summed E-state index contributed by atoms with van der Waals surface area (Å²) in [5.74, 6) is -0.395. The van der Waals surface area contributed by atoms with E-state index in [4.69, 9.17) is 16.3 Å². The molecule has 1 aliphatic heterocycles. The monoisotopic (exact) mass is 296 g/mol. The average molecular weight is 297 g/mol. The van der Waals surface area contributed by atoms with Gasteiger partial charge < -0.3 is 10.1 Å². The number of amides is 2. The van der Waals surface area contributed by atoms with Crippen LogP contribution < -0.4 is 10.2 Å². The molecule has 0 saturated carbocycles. The summed E-state index contributed by atoms with van der Waals surface area (Å²) in [6.07, 6.45) is 0.584. The predicted octanol–water partition coefficient (Wildman–Crippen LogP) is 1.52. The van der Waals surface area contributed by atoms with E-state index in [0.717, 1.165) is 5.56 Å². The van der Waals surface area contributed by atoms with Crippen molar-refractivity contribution in [2.75, 3.05) is 25.2 Å². The highest BCUT2D eigenvalue weighted by Crippen LogP contribution is 2.28. The zero-order valence-corrected chi connectivity index (χ0v) is 12.2. The van der Waals surface area contributed by atoms with E-state index in [2.05, 4.69) is 5.32 Å². The summed E-state index contributed by atoms with van der Waals surface area (Å²) in [7, 11) is 1.45. The van der Waals surface area contributed by atoms with Crippen LogP contribution in [0.5, 0.6) is 0 Å². The topological polar surface area (TPSA) is 58.6 Å². The fraction of sp³-hybridized carbons (Fsp3) is 0.429. The van der Waals surface area contributed by atoms with Crippen LogP contribution in [0.4, 0.5) is 5.69 Å². The number of benzene rings is 1. The van der Waals surface area contributed by atoms with Gasteiger partial charge in [-0.3, -0.25) is 14.5 Å². The molecule has 20 heavy (non-hydrogen) atoms. The normalized spacial score (nSPS) is 17.9. The molecule has 1 unspecified atom stereocenters. The minimum Gasteiger partial charge on any atom is -0.375 e. The molecule has 2 amide bonds. The molecule has 1 N–H and O–H groups in total. The summed E-state index contributed by atoms with van der Waals surface area (Å²) in [5.41, 5.74) is 1.54. The number of carbonyl (C=O) groups excluding carboxylic acids is 2. The Morgan fingerprint density at radius 2 is 2.30 bits per heavy atom. The van der Waals surface area contributed by atoms with Crippen LogP contribution in [0.2, 0.25) is 5.02 Å².